The number of carboxylic acids is 1. The first-order chi connectivity index (χ1) is 7.81. The van der Waals surface area contributed by atoms with E-state index >= 15 is 0 Å². The van der Waals surface area contributed by atoms with Crippen LogP contribution < -0.4 is 0 Å². The lowest BCUT2D eigenvalue weighted by atomic mass is 9.79. The molecule has 0 atom stereocenters. The van der Waals surface area contributed by atoms with Crippen LogP contribution in [0.3, 0.4) is 0 Å². The Bertz CT molecular complexity index is 240. The zero-order chi connectivity index (χ0) is 13.5. The van der Waals surface area contributed by atoms with Crippen LogP contribution in [0, 0.1) is 17.4 Å². The summed E-state index contributed by atoms with van der Waals surface area (Å²) in [7, 11) is 0. The Morgan fingerprint density at radius 2 is 1.71 bits per heavy atom. The molecule has 0 amide bonds. The Labute approximate surface area is 104 Å². The maximum Gasteiger partial charge on any atom is 0.303 e. The molecule has 0 radical (unpaired) electrons. The number of nitrogens with zero attached hydrogens (tertiary/aromatic N) is 1. The van der Waals surface area contributed by atoms with E-state index in [0.29, 0.717) is 24.7 Å². The molecule has 0 aromatic heterocycles. The van der Waals surface area contributed by atoms with Gasteiger partial charge in [0.2, 0.25) is 0 Å². The molecular formula is C13H26N2O2. The van der Waals surface area contributed by atoms with Gasteiger partial charge in [-0.15, -0.1) is 0 Å². The molecule has 2 N–H and O–H groups in total. The van der Waals surface area contributed by atoms with Crippen molar-refractivity contribution in [1.29, 1.82) is 5.53 Å². The van der Waals surface area contributed by atoms with Crippen molar-refractivity contribution in [3.8, 4) is 0 Å². The topological polar surface area (TPSA) is 73.5 Å². The van der Waals surface area contributed by atoms with Gasteiger partial charge in [-0.3, -0.25) is 4.79 Å². The summed E-state index contributed by atoms with van der Waals surface area (Å²) in [5.74, 6) is 0.193. The van der Waals surface area contributed by atoms with Crippen LogP contribution in [-0.4, -0.2) is 16.6 Å². The van der Waals surface area contributed by atoms with E-state index in [-0.39, 0.29) is 12.0 Å². The normalized spacial score (nSPS) is 12.1. The molecule has 0 saturated heterocycles. The van der Waals surface area contributed by atoms with Gasteiger partial charge < -0.3 is 5.11 Å². The van der Waals surface area contributed by atoms with E-state index in [1.54, 1.807) is 0 Å². The van der Waals surface area contributed by atoms with Gasteiger partial charge in [-0.1, -0.05) is 27.7 Å². The van der Waals surface area contributed by atoms with E-state index in [0.717, 1.165) is 12.8 Å². The molecular weight excluding hydrogens is 216 g/mol. The summed E-state index contributed by atoms with van der Waals surface area (Å²) in [6.07, 6.45) is 3.23. The summed E-state index contributed by atoms with van der Waals surface area (Å²) in [6.45, 7) is 8.49. The summed E-state index contributed by atoms with van der Waals surface area (Å²) >= 11 is 0. The standard InChI is InChI=1S/C13H26N2O2/c1-10(2)8-13(15-14,9-11(3)4)7-5-6-12(16)17/h10-11,14H,5-9H2,1-4H3,(H,16,17). The van der Waals surface area contributed by atoms with Crippen LogP contribution in [0.5, 0.6) is 0 Å². The maximum atomic E-state index is 10.5. The molecule has 0 unspecified atom stereocenters. The van der Waals surface area contributed by atoms with Crippen LogP contribution >= 0.6 is 0 Å². The van der Waals surface area contributed by atoms with Gasteiger partial charge in [0, 0.05) is 6.42 Å². The average molecular weight is 242 g/mol. The molecule has 4 heteroatoms. The first-order valence-electron chi connectivity index (χ1n) is 6.42. The van der Waals surface area contributed by atoms with Crippen LogP contribution in [-0.2, 0) is 4.79 Å². The van der Waals surface area contributed by atoms with Crippen molar-refractivity contribution in [3.05, 3.63) is 0 Å². The van der Waals surface area contributed by atoms with E-state index in [4.69, 9.17) is 10.6 Å². The Kier molecular flexibility index (Phi) is 7.00. The lowest BCUT2D eigenvalue weighted by Crippen LogP contribution is -2.30. The second-order valence-electron chi connectivity index (χ2n) is 5.78. The van der Waals surface area contributed by atoms with Gasteiger partial charge in [0.15, 0.2) is 0 Å². The zero-order valence-electron chi connectivity index (χ0n) is 11.5. The van der Waals surface area contributed by atoms with E-state index < -0.39 is 5.97 Å². The first-order valence-corrected chi connectivity index (χ1v) is 6.42. The molecule has 0 aliphatic carbocycles. The third-order valence-corrected chi connectivity index (χ3v) is 2.85. The number of aliphatic carboxylic acids is 1. The molecule has 0 aromatic rings. The molecule has 100 valence electrons. The molecule has 4 nitrogen and oxygen atoms in total. The molecule has 0 rings (SSSR count). The third kappa shape index (κ3) is 7.08. The predicted octanol–water partition coefficient (Wildman–Crippen LogP) is 4.10. The third-order valence-electron chi connectivity index (χ3n) is 2.85. The van der Waals surface area contributed by atoms with Gasteiger partial charge in [0.25, 0.3) is 0 Å². The van der Waals surface area contributed by atoms with Crippen LogP contribution in [0.1, 0.15) is 59.8 Å². The van der Waals surface area contributed by atoms with Gasteiger partial charge >= 0.3 is 5.97 Å². The van der Waals surface area contributed by atoms with Crippen LogP contribution in [0.4, 0.5) is 0 Å². The van der Waals surface area contributed by atoms with Crippen LogP contribution in [0.25, 0.3) is 0 Å². The molecule has 0 aromatic carbocycles. The lowest BCUT2D eigenvalue weighted by molar-refractivity contribution is -0.137. The Hall–Kier alpha value is -0.930. The van der Waals surface area contributed by atoms with Crippen molar-refractivity contribution >= 4 is 5.97 Å². The van der Waals surface area contributed by atoms with E-state index in [9.17, 15) is 4.79 Å². The number of carbonyl (C=O) groups is 1. The van der Waals surface area contributed by atoms with Crippen molar-refractivity contribution in [3.63, 3.8) is 0 Å². The van der Waals surface area contributed by atoms with Crippen LogP contribution in [0.15, 0.2) is 5.11 Å². The van der Waals surface area contributed by atoms with Crippen molar-refractivity contribution in [2.75, 3.05) is 0 Å². The molecule has 0 aliphatic heterocycles. The smallest absolute Gasteiger partial charge is 0.303 e. The number of hydrogen-bond donors (Lipinski definition) is 2. The van der Waals surface area contributed by atoms with Crippen molar-refractivity contribution in [2.45, 2.75) is 65.3 Å². The number of rotatable bonds is 9. The molecule has 0 fully saturated rings. The van der Waals surface area contributed by atoms with Crippen molar-refractivity contribution in [2.24, 2.45) is 17.0 Å². The Morgan fingerprint density at radius 1 is 1.24 bits per heavy atom. The minimum Gasteiger partial charge on any atom is -0.481 e. The van der Waals surface area contributed by atoms with Gasteiger partial charge in [-0.25, -0.2) is 5.53 Å². The highest BCUT2D eigenvalue weighted by Gasteiger charge is 2.31. The van der Waals surface area contributed by atoms with E-state index in [1.165, 1.54) is 0 Å². The minimum atomic E-state index is -0.766. The summed E-state index contributed by atoms with van der Waals surface area (Å²) < 4.78 is 0. The molecule has 0 aliphatic rings. The molecule has 0 spiro atoms. The highest BCUT2D eigenvalue weighted by molar-refractivity contribution is 5.66. The molecule has 17 heavy (non-hydrogen) atoms. The second-order valence-corrected chi connectivity index (χ2v) is 5.78. The Morgan fingerprint density at radius 3 is 2.00 bits per heavy atom. The van der Waals surface area contributed by atoms with E-state index in [1.807, 2.05) is 0 Å². The summed E-state index contributed by atoms with van der Waals surface area (Å²) in [6, 6.07) is 0. The number of hydrogen-bond acceptors (Lipinski definition) is 3. The number of carboxylic acid groups (broad SMARTS) is 1. The lowest BCUT2D eigenvalue weighted by Gasteiger charge is -2.31. The SMILES string of the molecule is CC(C)CC(CCCC(=O)O)(CC(C)C)N=N. The van der Waals surface area contributed by atoms with Gasteiger partial charge in [0.1, 0.15) is 0 Å². The van der Waals surface area contributed by atoms with Crippen molar-refractivity contribution < 1.29 is 9.90 Å². The fourth-order valence-electron chi connectivity index (χ4n) is 2.52. The maximum absolute atomic E-state index is 10.5. The van der Waals surface area contributed by atoms with Crippen molar-refractivity contribution in [1.82, 2.24) is 0 Å². The molecule has 0 bridgehead atoms. The fourth-order valence-corrected chi connectivity index (χ4v) is 2.52. The van der Waals surface area contributed by atoms with Crippen LogP contribution in [0.2, 0.25) is 0 Å². The zero-order valence-corrected chi connectivity index (χ0v) is 11.5. The van der Waals surface area contributed by atoms with E-state index in [2.05, 4.69) is 32.8 Å². The number of nitrogens with one attached hydrogen (secondary N) is 1. The first kappa shape index (κ1) is 16.1. The average Bonchev–Trinajstić information content (AvgIpc) is 2.14. The van der Waals surface area contributed by atoms with Gasteiger partial charge in [-0.05, 0) is 37.5 Å². The predicted molar refractivity (Wildman–Crippen MR) is 68.3 cm³/mol. The summed E-state index contributed by atoms with van der Waals surface area (Å²) in [4.78, 5) is 10.5. The molecule has 0 heterocycles. The minimum absolute atomic E-state index is 0.174. The summed E-state index contributed by atoms with van der Waals surface area (Å²) in [5, 5.41) is 12.5. The van der Waals surface area contributed by atoms with Gasteiger partial charge in [0.05, 0.1) is 5.54 Å². The second kappa shape index (κ2) is 7.41. The molecule has 0 saturated carbocycles. The quantitative estimate of drug-likeness (QED) is 0.597. The fraction of sp³-hybridized carbons (Fsp3) is 0.923. The summed E-state index contributed by atoms with van der Waals surface area (Å²) in [5.41, 5.74) is 7.11. The Balaban J connectivity index is 4.54. The highest BCUT2D eigenvalue weighted by Crippen LogP contribution is 2.33. The highest BCUT2D eigenvalue weighted by atomic mass is 16.4. The largest absolute Gasteiger partial charge is 0.481 e. The monoisotopic (exact) mass is 242 g/mol. The van der Waals surface area contributed by atoms with Gasteiger partial charge in [-0.2, -0.15) is 5.11 Å².